The fourth-order valence-electron chi connectivity index (χ4n) is 1.64. The summed E-state index contributed by atoms with van der Waals surface area (Å²) in [7, 11) is 0. The van der Waals surface area contributed by atoms with Crippen LogP contribution in [0.1, 0.15) is 23.2 Å². The summed E-state index contributed by atoms with van der Waals surface area (Å²) in [6.07, 6.45) is 4.08. The minimum absolute atomic E-state index is 0.0467. The first-order valence-corrected chi connectivity index (χ1v) is 4.66. The summed E-state index contributed by atoms with van der Waals surface area (Å²) in [6, 6.07) is 1.65. The largest absolute Gasteiger partial charge is 0.472 e. The van der Waals surface area contributed by atoms with Crippen molar-refractivity contribution >= 4 is 5.78 Å². The van der Waals surface area contributed by atoms with Crippen LogP contribution < -0.4 is 5.73 Å². The number of ketones is 1. The van der Waals surface area contributed by atoms with E-state index >= 15 is 0 Å². The molecular weight excluding hydrogens is 182 g/mol. The lowest BCUT2D eigenvalue weighted by Crippen LogP contribution is -2.51. The van der Waals surface area contributed by atoms with Gasteiger partial charge in [0.25, 0.3) is 0 Å². The molecule has 0 bridgehead atoms. The molecule has 1 aliphatic rings. The Morgan fingerprint density at radius 2 is 2.14 bits per heavy atom. The van der Waals surface area contributed by atoms with Gasteiger partial charge in [-0.2, -0.15) is 0 Å². The highest BCUT2D eigenvalue weighted by Gasteiger charge is 2.36. The van der Waals surface area contributed by atoms with Gasteiger partial charge in [0.2, 0.25) is 0 Å². The van der Waals surface area contributed by atoms with Crippen molar-refractivity contribution in [1.82, 2.24) is 0 Å². The molecule has 0 amide bonds. The van der Waals surface area contributed by atoms with Crippen molar-refractivity contribution in [2.75, 3.05) is 13.2 Å². The number of carbonyl (C=O) groups is 1. The third-order valence-electron chi connectivity index (χ3n) is 2.62. The average molecular weight is 195 g/mol. The predicted octanol–water partition coefficient (Wildman–Crippen LogP) is 0.970. The van der Waals surface area contributed by atoms with E-state index in [1.54, 1.807) is 6.07 Å². The molecule has 14 heavy (non-hydrogen) atoms. The van der Waals surface area contributed by atoms with Crippen LogP contribution in [0.2, 0.25) is 0 Å². The first-order valence-electron chi connectivity index (χ1n) is 4.66. The Labute approximate surface area is 82.0 Å². The van der Waals surface area contributed by atoms with E-state index in [2.05, 4.69) is 0 Å². The summed E-state index contributed by atoms with van der Waals surface area (Å²) in [5.74, 6) is -0.0467. The molecule has 0 aliphatic carbocycles. The molecule has 2 heterocycles. The Hall–Kier alpha value is -1.13. The molecule has 1 aromatic rings. The van der Waals surface area contributed by atoms with Crippen molar-refractivity contribution in [3.63, 3.8) is 0 Å². The van der Waals surface area contributed by atoms with E-state index in [9.17, 15) is 4.79 Å². The van der Waals surface area contributed by atoms with Crippen LogP contribution in [-0.4, -0.2) is 24.5 Å². The van der Waals surface area contributed by atoms with Gasteiger partial charge in [0.15, 0.2) is 5.78 Å². The van der Waals surface area contributed by atoms with Crippen LogP contribution in [0.3, 0.4) is 0 Å². The number of nitrogens with two attached hydrogens (primary N) is 1. The van der Waals surface area contributed by atoms with E-state index in [1.165, 1.54) is 12.5 Å². The maximum Gasteiger partial charge on any atom is 0.186 e. The van der Waals surface area contributed by atoms with Crippen molar-refractivity contribution in [1.29, 1.82) is 0 Å². The summed E-state index contributed by atoms with van der Waals surface area (Å²) in [6.45, 7) is 1.11. The summed E-state index contributed by atoms with van der Waals surface area (Å²) in [5.41, 5.74) is 5.81. The minimum Gasteiger partial charge on any atom is -0.472 e. The van der Waals surface area contributed by atoms with Gasteiger partial charge in [-0.05, 0) is 18.9 Å². The second-order valence-electron chi connectivity index (χ2n) is 3.61. The number of hydrogen-bond donors (Lipinski definition) is 1. The van der Waals surface area contributed by atoms with E-state index in [0.29, 0.717) is 31.6 Å². The number of rotatable bonds is 2. The number of ether oxygens (including phenoxy) is 1. The SMILES string of the molecule is NC1(C(=O)c2ccoc2)CCOCC1. The molecule has 1 fully saturated rings. The molecule has 1 aromatic heterocycles. The van der Waals surface area contributed by atoms with E-state index in [4.69, 9.17) is 14.9 Å². The summed E-state index contributed by atoms with van der Waals surface area (Å²) >= 11 is 0. The zero-order valence-corrected chi connectivity index (χ0v) is 7.86. The molecule has 0 saturated carbocycles. The molecule has 2 N–H and O–H groups in total. The average Bonchev–Trinajstić information content (AvgIpc) is 2.70. The van der Waals surface area contributed by atoms with E-state index in [0.717, 1.165) is 0 Å². The third kappa shape index (κ3) is 1.58. The first kappa shape index (κ1) is 9.43. The first-order chi connectivity index (χ1) is 6.72. The highest BCUT2D eigenvalue weighted by molar-refractivity contribution is 6.02. The van der Waals surface area contributed by atoms with Crippen LogP contribution in [0.15, 0.2) is 23.0 Å². The van der Waals surface area contributed by atoms with Crippen LogP contribution in [-0.2, 0) is 4.74 Å². The van der Waals surface area contributed by atoms with Gasteiger partial charge in [0.05, 0.1) is 17.4 Å². The number of Topliss-reactive ketones (excluding diaryl/α,β-unsaturated/α-hetero) is 1. The fourth-order valence-corrected chi connectivity index (χ4v) is 1.64. The zero-order chi connectivity index (χ0) is 10.0. The highest BCUT2D eigenvalue weighted by atomic mass is 16.5. The number of hydrogen-bond acceptors (Lipinski definition) is 4. The van der Waals surface area contributed by atoms with E-state index in [-0.39, 0.29) is 5.78 Å². The fraction of sp³-hybridized carbons (Fsp3) is 0.500. The van der Waals surface area contributed by atoms with Crippen molar-refractivity contribution in [3.05, 3.63) is 24.2 Å². The summed E-state index contributed by atoms with van der Waals surface area (Å²) in [5, 5.41) is 0. The molecule has 2 rings (SSSR count). The van der Waals surface area contributed by atoms with E-state index in [1.807, 2.05) is 0 Å². The van der Waals surface area contributed by atoms with Gasteiger partial charge in [-0.3, -0.25) is 4.79 Å². The van der Waals surface area contributed by atoms with Crippen LogP contribution in [0.4, 0.5) is 0 Å². The van der Waals surface area contributed by atoms with Crippen molar-refractivity contribution in [2.45, 2.75) is 18.4 Å². The number of carbonyl (C=O) groups excluding carboxylic acids is 1. The maximum absolute atomic E-state index is 11.9. The second kappa shape index (κ2) is 3.55. The highest BCUT2D eigenvalue weighted by Crippen LogP contribution is 2.22. The topological polar surface area (TPSA) is 65.5 Å². The van der Waals surface area contributed by atoms with Gasteiger partial charge in [-0.15, -0.1) is 0 Å². The number of furan rings is 1. The third-order valence-corrected chi connectivity index (χ3v) is 2.62. The monoisotopic (exact) mass is 195 g/mol. The molecule has 4 nitrogen and oxygen atoms in total. The zero-order valence-electron chi connectivity index (χ0n) is 7.86. The molecule has 76 valence electrons. The molecule has 0 unspecified atom stereocenters. The Morgan fingerprint density at radius 3 is 2.71 bits per heavy atom. The van der Waals surface area contributed by atoms with Crippen LogP contribution in [0, 0.1) is 0 Å². The van der Waals surface area contributed by atoms with Gasteiger partial charge in [-0.25, -0.2) is 0 Å². The minimum atomic E-state index is -0.762. The van der Waals surface area contributed by atoms with E-state index < -0.39 is 5.54 Å². The molecule has 1 saturated heterocycles. The Bertz CT molecular complexity index is 312. The molecule has 1 aliphatic heterocycles. The van der Waals surface area contributed by atoms with Gasteiger partial charge in [0, 0.05) is 13.2 Å². The Morgan fingerprint density at radius 1 is 1.43 bits per heavy atom. The second-order valence-corrected chi connectivity index (χ2v) is 3.61. The van der Waals surface area contributed by atoms with Crippen LogP contribution in [0.5, 0.6) is 0 Å². The van der Waals surface area contributed by atoms with Crippen LogP contribution in [0.25, 0.3) is 0 Å². The predicted molar refractivity (Wildman–Crippen MR) is 50.0 cm³/mol. The van der Waals surface area contributed by atoms with Gasteiger partial charge >= 0.3 is 0 Å². The van der Waals surface area contributed by atoms with Gasteiger partial charge < -0.3 is 14.9 Å². The maximum atomic E-state index is 11.9. The lowest BCUT2D eigenvalue weighted by Gasteiger charge is -2.31. The molecule has 4 heteroatoms. The molecule has 0 aromatic carbocycles. The molecule has 0 radical (unpaired) electrons. The molecule has 0 spiro atoms. The normalized spacial score (nSPS) is 20.6. The van der Waals surface area contributed by atoms with Crippen molar-refractivity contribution in [3.8, 4) is 0 Å². The lowest BCUT2D eigenvalue weighted by molar-refractivity contribution is 0.0447. The lowest BCUT2D eigenvalue weighted by atomic mass is 9.84. The van der Waals surface area contributed by atoms with Crippen molar-refractivity contribution in [2.24, 2.45) is 5.73 Å². The summed E-state index contributed by atoms with van der Waals surface area (Å²) < 4.78 is 10.0. The summed E-state index contributed by atoms with van der Waals surface area (Å²) in [4.78, 5) is 11.9. The van der Waals surface area contributed by atoms with Gasteiger partial charge in [-0.1, -0.05) is 0 Å². The quantitative estimate of drug-likeness (QED) is 0.714. The van der Waals surface area contributed by atoms with Crippen LogP contribution >= 0.6 is 0 Å². The Balaban J connectivity index is 2.17. The van der Waals surface area contributed by atoms with Crippen molar-refractivity contribution < 1.29 is 13.9 Å². The Kier molecular flexibility index (Phi) is 2.39. The smallest absolute Gasteiger partial charge is 0.186 e. The molecular formula is C10H13NO3. The standard InChI is InChI=1S/C10H13NO3/c11-10(2-5-13-6-3-10)9(12)8-1-4-14-7-8/h1,4,7H,2-3,5-6,11H2. The van der Waals surface area contributed by atoms with Gasteiger partial charge in [0.1, 0.15) is 6.26 Å². The molecule has 0 atom stereocenters.